The van der Waals surface area contributed by atoms with Crippen molar-refractivity contribution in [2.75, 3.05) is 0 Å². The average molecular weight is 326 g/mol. The van der Waals surface area contributed by atoms with Gasteiger partial charge in [0, 0.05) is 24.5 Å². The van der Waals surface area contributed by atoms with E-state index in [2.05, 4.69) is 19.0 Å². The summed E-state index contributed by atoms with van der Waals surface area (Å²) < 4.78 is 13.4. The van der Waals surface area contributed by atoms with Crippen molar-refractivity contribution in [2.24, 2.45) is 0 Å². The highest BCUT2D eigenvalue weighted by atomic mass is 32.1. The smallest absolute Gasteiger partial charge is 0.272 e. The Kier molecular flexibility index (Phi) is 4.90. The molecule has 0 spiro atoms. The molecule has 116 valence electrons. The van der Waals surface area contributed by atoms with Crippen LogP contribution in [0.25, 0.3) is 0 Å². The van der Waals surface area contributed by atoms with E-state index in [1.807, 2.05) is 36.4 Å². The van der Waals surface area contributed by atoms with Crippen LogP contribution in [0.1, 0.15) is 21.6 Å². The van der Waals surface area contributed by atoms with Gasteiger partial charge in [-0.3, -0.25) is 9.78 Å². The average Bonchev–Trinajstić information content (AvgIpc) is 3.14. The fourth-order valence-corrected chi connectivity index (χ4v) is 2.30. The molecule has 0 unspecified atom stereocenters. The van der Waals surface area contributed by atoms with Crippen LogP contribution in [0.15, 0.2) is 55.0 Å². The third kappa shape index (κ3) is 4.33. The first-order valence-electron chi connectivity index (χ1n) is 6.97. The van der Waals surface area contributed by atoms with Gasteiger partial charge >= 0.3 is 0 Å². The Bertz CT molecular complexity index is 746. The number of amides is 1. The maximum atomic E-state index is 11.8. The third-order valence-electron chi connectivity index (χ3n) is 3.10. The molecule has 0 saturated heterocycles. The number of pyridine rings is 1. The molecule has 3 aromatic rings. The summed E-state index contributed by atoms with van der Waals surface area (Å²) in [7, 11) is 0. The van der Waals surface area contributed by atoms with E-state index in [-0.39, 0.29) is 5.91 Å². The minimum atomic E-state index is -0.226. The second-order valence-corrected chi connectivity index (χ2v) is 5.33. The molecular weight excluding hydrogens is 312 g/mol. The Hall–Kier alpha value is -2.80. The van der Waals surface area contributed by atoms with E-state index in [0.29, 0.717) is 18.8 Å². The standard InChI is InChI=1S/C16H14N4O2S/c21-16(15-10-19-23-20-15)18-9-12-3-5-14(6-4-12)22-11-13-2-1-7-17-8-13/h1-8,10H,9,11H2,(H,18,21). The first-order chi connectivity index (χ1) is 11.3. The quantitative estimate of drug-likeness (QED) is 0.753. The summed E-state index contributed by atoms with van der Waals surface area (Å²) in [6.45, 7) is 0.903. The van der Waals surface area contributed by atoms with Crippen molar-refractivity contribution < 1.29 is 9.53 Å². The largest absolute Gasteiger partial charge is 0.489 e. The van der Waals surface area contributed by atoms with Gasteiger partial charge < -0.3 is 10.1 Å². The lowest BCUT2D eigenvalue weighted by atomic mass is 10.2. The third-order valence-corrected chi connectivity index (χ3v) is 3.58. The molecule has 0 saturated carbocycles. The highest BCUT2D eigenvalue weighted by Gasteiger charge is 2.07. The van der Waals surface area contributed by atoms with Crippen molar-refractivity contribution in [3.05, 3.63) is 71.8 Å². The first-order valence-corrected chi connectivity index (χ1v) is 7.71. The van der Waals surface area contributed by atoms with Crippen molar-refractivity contribution >= 4 is 17.6 Å². The molecule has 7 heteroatoms. The molecule has 0 atom stereocenters. The molecule has 6 nitrogen and oxygen atoms in total. The molecule has 3 rings (SSSR count). The van der Waals surface area contributed by atoms with Crippen molar-refractivity contribution in [2.45, 2.75) is 13.2 Å². The molecule has 0 fully saturated rings. The Labute approximate surface area is 137 Å². The molecule has 0 radical (unpaired) electrons. The van der Waals surface area contributed by atoms with E-state index in [0.717, 1.165) is 28.6 Å². The summed E-state index contributed by atoms with van der Waals surface area (Å²) in [4.78, 5) is 15.8. The van der Waals surface area contributed by atoms with Crippen LogP contribution in [-0.2, 0) is 13.2 Å². The van der Waals surface area contributed by atoms with Crippen molar-refractivity contribution in [3.8, 4) is 5.75 Å². The fourth-order valence-electron chi connectivity index (χ4n) is 1.89. The minimum absolute atomic E-state index is 0.226. The Morgan fingerprint density at radius 3 is 2.70 bits per heavy atom. The zero-order valence-electron chi connectivity index (χ0n) is 12.2. The molecule has 2 heterocycles. The molecule has 1 aromatic carbocycles. The van der Waals surface area contributed by atoms with Gasteiger partial charge in [0.2, 0.25) is 0 Å². The summed E-state index contributed by atoms with van der Waals surface area (Å²) in [6.07, 6.45) is 4.96. The predicted octanol–water partition coefficient (Wildman–Crippen LogP) is 2.44. The normalized spacial score (nSPS) is 10.3. The Morgan fingerprint density at radius 2 is 2.00 bits per heavy atom. The van der Waals surface area contributed by atoms with Gasteiger partial charge in [0.1, 0.15) is 12.4 Å². The van der Waals surface area contributed by atoms with Crippen LogP contribution in [0.2, 0.25) is 0 Å². The van der Waals surface area contributed by atoms with Crippen LogP contribution in [0.5, 0.6) is 5.75 Å². The summed E-state index contributed by atoms with van der Waals surface area (Å²) in [5.74, 6) is 0.545. The molecule has 1 N–H and O–H groups in total. The number of benzene rings is 1. The Morgan fingerprint density at radius 1 is 1.13 bits per heavy atom. The second kappa shape index (κ2) is 7.46. The number of ether oxygens (including phenoxy) is 1. The molecule has 0 aliphatic rings. The molecule has 23 heavy (non-hydrogen) atoms. The predicted molar refractivity (Wildman–Crippen MR) is 86.1 cm³/mol. The van der Waals surface area contributed by atoms with Crippen LogP contribution in [0.4, 0.5) is 0 Å². The lowest BCUT2D eigenvalue weighted by Crippen LogP contribution is -2.22. The number of nitrogens with zero attached hydrogens (tertiary/aromatic N) is 3. The van der Waals surface area contributed by atoms with Gasteiger partial charge in [0.25, 0.3) is 5.91 Å². The van der Waals surface area contributed by atoms with Gasteiger partial charge in [-0.25, -0.2) is 0 Å². The van der Waals surface area contributed by atoms with Crippen LogP contribution in [0, 0.1) is 0 Å². The molecule has 0 aliphatic carbocycles. The van der Waals surface area contributed by atoms with Crippen molar-refractivity contribution in [1.29, 1.82) is 0 Å². The van der Waals surface area contributed by atoms with Crippen LogP contribution in [-0.4, -0.2) is 19.6 Å². The maximum absolute atomic E-state index is 11.8. The highest BCUT2D eigenvalue weighted by molar-refractivity contribution is 6.99. The highest BCUT2D eigenvalue weighted by Crippen LogP contribution is 2.14. The molecule has 1 amide bonds. The Balaban J connectivity index is 1.50. The minimum Gasteiger partial charge on any atom is -0.489 e. The zero-order valence-corrected chi connectivity index (χ0v) is 13.0. The van der Waals surface area contributed by atoms with Gasteiger partial charge in [0.05, 0.1) is 17.9 Å². The van der Waals surface area contributed by atoms with Gasteiger partial charge in [0.15, 0.2) is 5.69 Å². The lowest BCUT2D eigenvalue weighted by Gasteiger charge is -2.07. The summed E-state index contributed by atoms with van der Waals surface area (Å²) in [6, 6.07) is 11.4. The number of hydrogen-bond donors (Lipinski definition) is 1. The van der Waals surface area contributed by atoms with E-state index in [4.69, 9.17) is 4.74 Å². The van der Waals surface area contributed by atoms with Gasteiger partial charge in [-0.1, -0.05) is 18.2 Å². The van der Waals surface area contributed by atoms with Crippen molar-refractivity contribution in [1.82, 2.24) is 19.0 Å². The van der Waals surface area contributed by atoms with Gasteiger partial charge in [-0.05, 0) is 23.8 Å². The van der Waals surface area contributed by atoms with E-state index in [1.165, 1.54) is 6.20 Å². The zero-order chi connectivity index (χ0) is 15.9. The number of carbonyl (C=O) groups excluding carboxylic acids is 1. The summed E-state index contributed by atoms with van der Waals surface area (Å²) >= 11 is 1.01. The lowest BCUT2D eigenvalue weighted by molar-refractivity contribution is 0.0947. The van der Waals surface area contributed by atoms with E-state index >= 15 is 0 Å². The number of nitrogens with one attached hydrogen (secondary N) is 1. The van der Waals surface area contributed by atoms with Gasteiger partial charge in [-0.15, -0.1) is 0 Å². The summed E-state index contributed by atoms with van der Waals surface area (Å²) in [5.41, 5.74) is 2.34. The van der Waals surface area contributed by atoms with E-state index in [1.54, 1.807) is 12.4 Å². The molecule has 0 bridgehead atoms. The number of aromatic nitrogens is 3. The van der Waals surface area contributed by atoms with E-state index < -0.39 is 0 Å². The monoisotopic (exact) mass is 326 g/mol. The van der Waals surface area contributed by atoms with Crippen LogP contribution >= 0.6 is 11.7 Å². The topological polar surface area (TPSA) is 77.0 Å². The van der Waals surface area contributed by atoms with E-state index in [9.17, 15) is 4.79 Å². The first kappa shape index (κ1) is 15.1. The van der Waals surface area contributed by atoms with Crippen molar-refractivity contribution in [3.63, 3.8) is 0 Å². The van der Waals surface area contributed by atoms with Gasteiger partial charge in [-0.2, -0.15) is 8.75 Å². The molecule has 2 aromatic heterocycles. The number of hydrogen-bond acceptors (Lipinski definition) is 6. The van der Waals surface area contributed by atoms with Crippen LogP contribution in [0.3, 0.4) is 0 Å². The molecule has 0 aliphatic heterocycles. The SMILES string of the molecule is O=C(NCc1ccc(OCc2cccnc2)cc1)c1cnsn1. The summed E-state index contributed by atoms with van der Waals surface area (Å²) in [5, 5.41) is 2.79. The second-order valence-electron chi connectivity index (χ2n) is 4.77. The van der Waals surface area contributed by atoms with Crippen LogP contribution < -0.4 is 10.1 Å². The number of rotatable bonds is 6. The number of carbonyl (C=O) groups is 1. The fraction of sp³-hybridized carbons (Fsp3) is 0.125. The maximum Gasteiger partial charge on any atom is 0.272 e. The molecular formula is C16H14N4O2S.